The molecule has 1 aromatic rings. The number of amides is 2. The van der Waals surface area contributed by atoms with Crippen molar-refractivity contribution in [3.8, 4) is 0 Å². The van der Waals surface area contributed by atoms with E-state index in [0.717, 1.165) is 18.9 Å². The molecular weight excluding hydrogens is 216 g/mol. The maximum absolute atomic E-state index is 13.3. The van der Waals surface area contributed by atoms with E-state index in [9.17, 15) is 13.6 Å². The quantitative estimate of drug-likeness (QED) is 0.675. The SMILES string of the molecule is Nc1ccc(F)c(F)c1NC(=O)NC1CC1. The molecule has 0 heterocycles. The van der Waals surface area contributed by atoms with Crippen molar-refractivity contribution in [3.05, 3.63) is 23.8 Å². The van der Waals surface area contributed by atoms with E-state index >= 15 is 0 Å². The number of rotatable bonds is 2. The molecule has 0 aromatic heterocycles. The maximum atomic E-state index is 13.3. The minimum absolute atomic E-state index is 0.00940. The average molecular weight is 227 g/mol. The lowest BCUT2D eigenvalue weighted by atomic mass is 10.2. The van der Waals surface area contributed by atoms with Gasteiger partial charge in [-0.1, -0.05) is 0 Å². The Morgan fingerprint density at radius 3 is 2.69 bits per heavy atom. The molecule has 4 N–H and O–H groups in total. The Kier molecular flexibility index (Phi) is 2.64. The molecule has 4 nitrogen and oxygen atoms in total. The van der Waals surface area contributed by atoms with Crippen molar-refractivity contribution in [1.82, 2.24) is 5.32 Å². The zero-order chi connectivity index (χ0) is 11.7. The molecule has 16 heavy (non-hydrogen) atoms. The molecule has 0 saturated heterocycles. The molecule has 1 fully saturated rings. The van der Waals surface area contributed by atoms with Gasteiger partial charge in [-0.2, -0.15) is 0 Å². The third kappa shape index (κ3) is 2.21. The molecule has 1 saturated carbocycles. The number of carbonyl (C=O) groups is 1. The summed E-state index contributed by atoms with van der Waals surface area (Å²) < 4.78 is 26.2. The monoisotopic (exact) mass is 227 g/mol. The van der Waals surface area contributed by atoms with Crippen LogP contribution in [0, 0.1) is 11.6 Å². The molecule has 0 unspecified atom stereocenters. The number of hydrogen-bond acceptors (Lipinski definition) is 2. The highest BCUT2D eigenvalue weighted by atomic mass is 19.2. The Balaban J connectivity index is 2.12. The third-order valence-corrected chi connectivity index (χ3v) is 2.28. The molecule has 0 aliphatic heterocycles. The highest BCUT2D eigenvalue weighted by molar-refractivity contribution is 5.93. The molecule has 2 amide bonds. The Hall–Kier alpha value is -1.85. The lowest BCUT2D eigenvalue weighted by Gasteiger charge is -2.10. The van der Waals surface area contributed by atoms with Crippen LogP contribution in [0.5, 0.6) is 0 Å². The van der Waals surface area contributed by atoms with Gasteiger partial charge in [0.25, 0.3) is 0 Å². The van der Waals surface area contributed by atoms with Gasteiger partial charge >= 0.3 is 6.03 Å². The zero-order valence-electron chi connectivity index (χ0n) is 8.39. The summed E-state index contributed by atoms with van der Waals surface area (Å²) >= 11 is 0. The van der Waals surface area contributed by atoms with E-state index in [1.165, 1.54) is 6.07 Å². The van der Waals surface area contributed by atoms with Crippen LogP contribution in [0.2, 0.25) is 0 Å². The van der Waals surface area contributed by atoms with E-state index in [4.69, 9.17) is 5.73 Å². The van der Waals surface area contributed by atoms with Gasteiger partial charge in [-0.15, -0.1) is 0 Å². The molecule has 1 aliphatic carbocycles. The summed E-state index contributed by atoms with van der Waals surface area (Å²) in [4.78, 5) is 11.3. The Morgan fingerprint density at radius 2 is 2.06 bits per heavy atom. The predicted octanol–water partition coefficient (Wildman–Crippen LogP) is 1.83. The van der Waals surface area contributed by atoms with Crippen LogP contribution in [-0.2, 0) is 0 Å². The molecular formula is C10H11F2N3O. The molecule has 0 radical (unpaired) electrons. The van der Waals surface area contributed by atoms with Crippen LogP contribution in [0.3, 0.4) is 0 Å². The van der Waals surface area contributed by atoms with Gasteiger partial charge < -0.3 is 16.4 Å². The summed E-state index contributed by atoms with van der Waals surface area (Å²) in [6.45, 7) is 0. The van der Waals surface area contributed by atoms with E-state index in [2.05, 4.69) is 10.6 Å². The van der Waals surface area contributed by atoms with Crippen molar-refractivity contribution >= 4 is 17.4 Å². The number of halogens is 2. The highest BCUT2D eigenvalue weighted by Gasteiger charge is 2.24. The molecule has 0 bridgehead atoms. The predicted molar refractivity (Wildman–Crippen MR) is 55.9 cm³/mol. The smallest absolute Gasteiger partial charge is 0.319 e. The van der Waals surface area contributed by atoms with Crippen molar-refractivity contribution < 1.29 is 13.6 Å². The fourth-order valence-corrected chi connectivity index (χ4v) is 1.26. The van der Waals surface area contributed by atoms with E-state index in [0.29, 0.717) is 0 Å². The number of benzene rings is 1. The second kappa shape index (κ2) is 3.96. The molecule has 0 spiro atoms. The van der Waals surface area contributed by atoms with E-state index < -0.39 is 17.7 Å². The van der Waals surface area contributed by atoms with Gasteiger partial charge in [0.2, 0.25) is 0 Å². The number of urea groups is 1. The van der Waals surface area contributed by atoms with E-state index in [1.807, 2.05) is 0 Å². The molecule has 6 heteroatoms. The van der Waals surface area contributed by atoms with Crippen LogP contribution in [0.25, 0.3) is 0 Å². The van der Waals surface area contributed by atoms with Gasteiger partial charge in [-0.3, -0.25) is 0 Å². The first-order valence-corrected chi connectivity index (χ1v) is 4.89. The van der Waals surface area contributed by atoms with Crippen LogP contribution in [0.4, 0.5) is 25.0 Å². The first kappa shape index (κ1) is 10.7. The van der Waals surface area contributed by atoms with Gasteiger partial charge in [-0.05, 0) is 25.0 Å². The molecule has 86 valence electrons. The van der Waals surface area contributed by atoms with Crippen molar-refractivity contribution in [3.63, 3.8) is 0 Å². The van der Waals surface area contributed by atoms with Crippen molar-refractivity contribution in [2.24, 2.45) is 0 Å². The minimum atomic E-state index is -1.15. The van der Waals surface area contributed by atoms with E-state index in [-0.39, 0.29) is 17.4 Å². The first-order valence-electron chi connectivity index (χ1n) is 4.89. The normalized spacial score (nSPS) is 14.6. The van der Waals surface area contributed by atoms with Gasteiger partial charge in [0.1, 0.15) is 5.69 Å². The molecule has 0 atom stereocenters. The summed E-state index contributed by atoms with van der Waals surface area (Å²) in [6, 6.07) is 1.68. The van der Waals surface area contributed by atoms with Crippen LogP contribution in [-0.4, -0.2) is 12.1 Å². The summed E-state index contributed by atoms with van der Waals surface area (Å²) in [5, 5.41) is 4.78. The lowest BCUT2D eigenvalue weighted by molar-refractivity contribution is 0.251. The lowest BCUT2D eigenvalue weighted by Crippen LogP contribution is -2.31. The standard InChI is InChI=1S/C10H11F2N3O/c11-6-3-4-7(13)9(8(6)12)15-10(16)14-5-1-2-5/h3-5H,1-2,13H2,(H2,14,15,16). The van der Waals surface area contributed by atoms with Crippen LogP contribution in [0.15, 0.2) is 12.1 Å². The second-order valence-electron chi connectivity index (χ2n) is 3.70. The van der Waals surface area contributed by atoms with Crippen molar-refractivity contribution in [2.75, 3.05) is 11.1 Å². The second-order valence-corrected chi connectivity index (χ2v) is 3.70. The van der Waals surface area contributed by atoms with Crippen LogP contribution >= 0.6 is 0 Å². The van der Waals surface area contributed by atoms with E-state index in [1.54, 1.807) is 0 Å². The van der Waals surface area contributed by atoms with Crippen LogP contribution in [0.1, 0.15) is 12.8 Å². The van der Waals surface area contributed by atoms with Crippen molar-refractivity contribution in [1.29, 1.82) is 0 Å². The number of nitrogens with one attached hydrogen (secondary N) is 2. The Morgan fingerprint density at radius 1 is 1.38 bits per heavy atom. The first-order chi connectivity index (χ1) is 7.58. The minimum Gasteiger partial charge on any atom is -0.397 e. The number of carbonyl (C=O) groups excluding carboxylic acids is 1. The average Bonchev–Trinajstić information content (AvgIpc) is 3.02. The molecule has 1 aliphatic rings. The topological polar surface area (TPSA) is 67.1 Å². The van der Waals surface area contributed by atoms with Gasteiger partial charge in [0.05, 0.1) is 5.69 Å². The molecule has 1 aromatic carbocycles. The Bertz CT molecular complexity index is 432. The summed E-state index contributed by atoms with van der Waals surface area (Å²) in [5.74, 6) is -2.19. The maximum Gasteiger partial charge on any atom is 0.319 e. The zero-order valence-corrected chi connectivity index (χ0v) is 8.39. The Labute approximate surface area is 90.8 Å². The number of anilines is 2. The fourth-order valence-electron chi connectivity index (χ4n) is 1.26. The third-order valence-electron chi connectivity index (χ3n) is 2.28. The van der Waals surface area contributed by atoms with Crippen LogP contribution < -0.4 is 16.4 Å². The van der Waals surface area contributed by atoms with Gasteiger partial charge in [-0.25, -0.2) is 13.6 Å². The number of nitrogen functional groups attached to an aromatic ring is 1. The van der Waals surface area contributed by atoms with Gasteiger partial charge in [0, 0.05) is 6.04 Å². The molecule has 2 rings (SSSR count). The van der Waals surface area contributed by atoms with Gasteiger partial charge in [0.15, 0.2) is 11.6 Å². The largest absolute Gasteiger partial charge is 0.397 e. The summed E-state index contributed by atoms with van der Waals surface area (Å²) in [7, 11) is 0. The van der Waals surface area contributed by atoms with Crippen molar-refractivity contribution in [2.45, 2.75) is 18.9 Å². The summed E-state index contributed by atoms with van der Waals surface area (Å²) in [5.41, 5.74) is 5.11. The highest BCUT2D eigenvalue weighted by Crippen LogP contribution is 2.25. The fraction of sp³-hybridized carbons (Fsp3) is 0.300. The summed E-state index contributed by atoms with van der Waals surface area (Å²) in [6.07, 6.45) is 1.82. The number of nitrogens with two attached hydrogens (primary N) is 1. The number of hydrogen-bond donors (Lipinski definition) is 3.